The van der Waals surface area contributed by atoms with Crippen LogP contribution in [0.3, 0.4) is 0 Å². The number of benzene rings is 7. The van der Waals surface area contributed by atoms with Gasteiger partial charge in [0, 0.05) is 43.6 Å². The van der Waals surface area contributed by atoms with Crippen LogP contribution in [0.15, 0.2) is 148 Å². The van der Waals surface area contributed by atoms with Crippen molar-refractivity contribution in [3.05, 3.63) is 140 Å². The monoisotopic (exact) mass is 589 g/mol. The van der Waals surface area contributed by atoms with E-state index in [-0.39, 0.29) is 0 Å². The first-order valence-electron chi connectivity index (χ1n) is 15.3. The number of para-hydroxylation sites is 2. The average molecular weight is 590 g/mol. The lowest BCUT2D eigenvalue weighted by Crippen LogP contribution is -2.00. The zero-order valence-electron chi connectivity index (χ0n) is 24.4. The first-order valence-corrected chi connectivity index (χ1v) is 15.3. The summed E-state index contributed by atoms with van der Waals surface area (Å²) < 4.78 is 12.7. The van der Waals surface area contributed by atoms with Gasteiger partial charge in [0.25, 0.3) is 0 Å². The molecule has 0 spiro atoms. The molecule has 0 N–H and O–H groups in total. The normalized spacial score (nSPS) is 11.9. The number of hydrogen-bond donors (Lipinski definition) is 0. The van der Waals surface area contributed by atoms with Gasteiger partial charge in [-0.25, -0.2) is 15.0 Å². The molecule has 7 aromatic carbocycles. The molecule has 46 heavy (non-hydrogen) atoms. The molecule has 214 valence electrons. The second-order valence-electron chi connectivity index (χ2n) is 11.6. The van der Waals surface area contributed by atoms with E-state index in [0.717, 1.165) is 82.1 Å². The summed E-state index contributed by atoms with van der Waals surface area (Å²) in [5, 5.41) is 8.72. The van der Waals surface area contributed by atoms with Crippen LogP contribution in [0.4, 0.5) is 0 Å². The molecule has 10 aromatic rings. The third-order valence-electron chi connectivity index (χ3n) is 8.92. The zero-order valence-corrected chi connectivity index (χ0v) is 24.4. The minimum absolute atomic E-state index is 0.599. The Morgan fingerprint density at radius 2 is 0.957 bits per heavy atom. The molecule has 5 nitrogen and oxygen atoms in total. The van der Waals surface area contributed by atoms with E-state index < -0.39 is 0 Å². The Labute approximate surface area is 262 Å². The van der Waals surface area contributed by atoms with Gasteiger partial charge in [-0.05, 0) is 40.4 Å². The van der Waals surface area contributed by atoms with Gasteiger partial charge in [-0.15, -0.1) is 0 Å². The average Bonchev–Trinajstić information content (AvgIpc) is 3.71. The standard InChI is InChI=1S/C41H23N3O2/c1-2-11-24(12-3-1)39-42-40(44-41(43-39)31-17-10-20-35-36(31)29-15-6-8-18-33(29)45-35)25-21-22-27-32(23-25)26-13-4-5-14-28(26)38-37(27)30-16-7-9-19-34(30)46-38/h1-23H. The summed E-state index contributed by atoms with van der Waals surface area (Å²) >= 11 is 0. The van der Waals surface area contributed by atoms with Crippen molar-refractivity contribution in [2.75, 3.05) is 0 Å². The molecule has 0 radical (unpaired) electrons. The van der Waals surface area contributed by atoms with Crippen LogP contribution in [-0.4, -0.2) is 15.0 Å². The maximum absolute atomic E-state index is 6.44. The highest BCUT2D eigenvalue weighted by molar-refractivity contribution is 6.30. The van der Waals surface area contributed by atoms with E-state index >= 15 is 0 Å². The van der Waals surface area contributed by atoms with Crippen molar-refractivity contribution in [1.29, 1.82) is 0 Å². The van der Waals surface area contributed by atoms with E-state index in [1.807, 2.05) is 72.8 Å². The molecule has 0 saturated heterocycles. The molecular weight excluding hydrogens is 566 g/mol. The number of furan rings is 2. The highest BCUT2D eigenvalue weighted by Gasteiger charge is 2.20. The third-order valence-corrected chi connectivity index (χ3v) is 8.92. The van der Waals surface area contributed by atoms with Gasteiger partial charge in [-0.2, -0.15) is 0 Å². The van der Waals surface area contributed by atoms with E-state index in [0.29, 0.717) is 17.5 Å². The van der Waals surface area contributed by atoms with Gasteiger partial charge >= 0.3 is 0 Å². The van der Waals surface area contributed by atoms with Crippen molar-refractivity contribution in [2.24, 2.45) is 0 Å². The quantitative estimate of drug-likeness (QED) is 0.192. The molecule has 10 rings (SSSR count). The molecule has 3 heterocycles. The number of hydrogen-bond acceptors (Lipinski definition) is 5. The Bertz CT molecular complexity index is 2810. The van der Waals surface area contributed by atoms with Crippen molar-refractivity contribution in [1.82, 2.24) is 15.0 Å². The fourth-order valence-electron chi connectivity index (χ4n) is 6.85. The van der Waals surface area contributed by atoms with Crippen LogP contribution in [0, 0.1) is 0 Å². The Kier molecular flexibility index (Phi) is 5.22. The van der Waals surface area contributed by atoms with Gasteiger partial charge in [0.05, 0.1) is 0 Å². The van der Waals surface area contributed by atoms with Gasteiger partial charge in [0.15, 0.2) is 17.5 Å². The molecule has 5 heteroatoms. The van der Waals surface area contributed by atoms with Crippen molar-refractivity contribution >= 4 is 65.4 Å². The first-order chi connectivity index (χ1) is 22.8. The zero-order chi connectivity index (χ0) is 30.2. The van der Waals surface area contributed by atoms with Gasteiger partial charge in [-0.3, -0.25) is 0 Å². The van der Waals surface area contributed by atoms with Gasteiger partial charge in [-0.1, -0.05) is 115 Å². The van der Waals surface area contributed by atoms with Crippen LogP contribution < -0.4 is 0 Å². The van der Waals surface area contributed by atoms with E-state index in [1.54, 1.807) is 0 Å². The van der Waals surface area contributed by atoms with E-state index in [9.17, 15) is 0 Å². The van der Waals surface area contributed by atoms with Crippen LogP contribution >= 0.6 is 0 Å². The summed E-state index contributed by atoms with van der Waals surface area (Å²) in [6.07, 6.45) is 0. The van der Waals surface area contributed by atoms with E-state index in [4.69, 9.17) is 23.8 Å². The maximum atomic E-state index is 6.44. The van der Waals surface area contributed by atoms with E-state index in [2.05, 4.69) is 66.7 Å². The van der Waals surface area contributed by atoms with Crippen LogP contribution in [-0.2, 0) is 0 Å². The van der Waals surface area contributed by atoms with E-state index in [1.165, 1.54) is 0 Å². The summed E-state index contributed by atoms with van der Waals surface area (Å²) in [6, 6.07) is 47.4. The molecule has 0 bridgehead atoms. The van der Waals surface area contributed by atoms with Crippen molar-refractivity contribution in [3.8, 4) is 34.2 Å². The molecule has 3 aromatic heterocycles. The Morgan fingerprint density at radius 1 is 0.348 bits per heavy atom. The summed E-state index contributed by atoms with van der Waals surface area (Å²) in [6.45, 7) is 0. The molecule has 0 unspecified atom stereocenters. The number of fused-ring (bicyclic) bond motifs is 11. The first kappa shape index (κ1) is 25.0. The second kappa shape index (κ2) is 9.58. The Hall–Kier alpha value is -6.33. The topological polar surface area (TPSA) is 65.0 Å². The fraction of sp³-hybridized carbons (Fsp3) is 0. The minimum atomic E-state index is 0.599. The van der Waals surface area contributed by atoms with Crippen molar-refractivity contribution < 1.29 is 8.83 Å². The maximum Gasteiger partial charge on any atom is 0.164 e. The summed E-state index contributed by atoms with van der Waals surface area (Å²) in [4.78, 5) is 15.2. The second-order valence-corrected chi connectivity index (χ2v) is 11.6. The van der Waals surface area contributed by atoms with Crippen LogP contribution in [0.2, 0.25) is 0 Å². The smallest absolute Gasteiger partial charge is 0.164 e. The highest BCUT2D eigenvalue weighted by atomic mass is 16.3. The fourth-order valence-corrected chi connectivity index (χ4v) is 6.85. The lowest BCUT2D eigenvalue weighted by molar-refractivity contribution is 0.669. The number of rotatable bonds is 3. The van der Waals surface area contributed by atoms with Gasteiger partial charge in [0.1, 0.15) is 22.3 Å². The molecule has 0 saturated carbocycles. The summed E-state index contributed by atoms with van der Waals surface area (Å²) in [7, 11) is 0. The number of aromatic nitrogens is 3. The molecule has 0 atom stereocenters. The minimum Gasteiger partial charge on any atom is -0.456 e. The molecule has 0 aliphatic carbocycles. The van der Waals surface area contributed by atoms with Gasteiger partial charge < -0.3 is 8.83 Å². The number of nitrogens with zero attached hydrogens (tertiary/aromatic N) is 3. The molecular formula is C41H23N3O2. The van der Waals surface area contributed by atoms with Crippen molar-refractivity contribution in [3.63, 3.8) is 0 Å². The largest absolute Gasteiger partial charge is 0.456 e. The molecule has 0 aliphatic rings. The van der Waals surface area contributed by atoms with Crippen LogP contribution in [0.25, 0.3) is 99.6 Å². The predicted molar refractivity (Wildman–Crippen MR) is 186 cm³/mol. The lowest BCUT2D eigenvalue weighted by Gasteiger charge is -2.11. The highest BCUT2D eigenvalue weighted by Crippen LogP contribution is 2.42. The molecule has 0 aliphatic heterocycles. The lowest BCUT2D eigenvalue weighted by atomic mass is 9.95. The van der Waals surface area contributed by atoms with Crippen LogP contribution in [0.1, 0.15) is 0 Å². The Balaban J connectivity index is 1.27. The Morgan fingerprint density at radius 3 is 1.76 bits per heavy atom. The molecule has 0 fully saturated rings. The SMILES string of the molecule is c1ccc(-c2nc(-c3ccc4c(c3)c3ccccc3c3oc5ccccc5c43)nc(-c3cccc4oc5ccccc5c34)n2)cc1. The van der Waals surface area contributed by atoms with Crippen molar-refractivity contribution in [2.45, 2.75) is 0 Å². The summed E-state index contributed by atoms with van der Waals surface area (Å²) in [5.74, 6) is 1.82. The summed E-state index contributed by atoms with van der Waals surface area (Å²) in [5.41, 5.74) is 6.17. The van der Waals surface area contributed by atoms with Crippen LogP contribution in [0.5, 0.6) is 0 Å². The predicted octanol–water partition coefficient (Wildman–Crippen LogP) is 11.0. The molecule has 0 amide bonds. The third kappa shape index (κ3) is 3.66. The van der Waals surface area contributed by atoms with Gasteiger partial charge in [0.2, 0.25) is 0 Å².